The van der Waals surface area contributed by atoms with Crippen molar-refractivity contribution in [1.82, 2.24) is 9.55 Å². The van der Waals surface area contributed by atoms with Crippen molar-refractivity contribution in [2.45, 2.75) is 13.0 Å². The number of aromatic nitrogens is 2. The summed E-state index contributed by atoms with van der Waals surface area (Å²) in [5.74, 6) is 0.599. The van der Waals surface area contributed by atoms with Gasteiger partial charge in [0.15, 0.2) is 0 Å². The minimum absolute atomic E-state index is 0.276. The number of nitrogens with zero attached hydrogens (tertiary/aromatic N) is 2. The highest BCUT2D eigenvalue weighted by Gasteiger charge is 2.11. The second-order valence-electron chi connectivity index (χ2n) is 4.82. The zero-order valence-corrected chi connectivity index (χ0v) is 11.9. The molecule has 5 heteroatoms. The molecule has 0 atom stereocenters. The molecule has 0 bridgehead atoms. The lowest BCUT2D eigenvalue weighted by Gasteiger charge is -2.09. The van der Waals surface area contributed by atoms with Gasteiger partial charge >= 0.3 is 0 Å². The molecule has 0 radical (unpaired) electrons. The van der Waals surface area contributed by atoms with Crippen LogP contribution in [0.3, 0.4) is 0 Å². The zero-order valence-electron chi connectivity index (χ0n) is 11.2. The highest BCUT2D eigenvalue weighted by molar-refractivity contribution is 6.17. The summed E-state index contributed by atoms with van der Waals surface area (Å²) in [5.41, 5.74) is 2.24. The topological polar surface area (TPSA) is 17.8 Å². The molecule has 0 aliphatic carbocycles. The van der Waals surface area contributed by atoms with Crippen LogP contribution in [0.1, 0.15) is 11.4 Å². The Labute approximate surface area is 126 Å². The SMILES string of the molecule is Fc1cccc(Cn2c(CCCl)nc3cc(F)ccc32)c1. The molecule has 3 rings (SSSR count). The molecule has 0 fully saturated rings. The lowest BCUT2D eigenvalue weighted by Crippen LogP contribution is -2.06. The predicted molar refractivity (Wildman–Crippen MR) is 79.6 cm³/mol. The van der Waals surface area contributed by atoms with Gasteiger partial charge in [0.05, 0.1) is 11.0 Å². The summed E-state index contributed by atoms with van der Waals surface area (Å²) in [6.45, 7) is 0.478. The van der Waals surface area contributed by atoms with Crippen molar-refractivity contribution in [2.75, 3.05) is 5.88 Å². The van der Waals surface area contributed by atoms with Crippen LogP contribution in [-0.4, -0.2) is 15.4 Å². The van der Waals surface area contributed by atoms with Crippen LogP contribution in [0.4, 0.5) is 8.78 Å². The fraction of sp³-hybridized carbons (Fsp3) is 0.188. The fourth-order valence-electron chi connectivity index (χ4n) is 2.42. The zero-order chi connectivity index (χ0) is 14.8. The van der Waals surface area contributed by atoms with Crippen molar-refractivity contribution in [1.29, 1.82) is 0 Å². The van der Waals surface area contributed by atoms with Gasteiger partial charge in [-0.1, -0.05) is 12.1 Å². The van der Waals surface area contributed by atoms with Crippen LogP contribution >= 0.6 is 11.6 Å². The molecule has 0 saturated carbocycles. The molecule has 1 aromatic heterocycles. The number of imidazole rings is 1. The molecule has 0 unspecified atom stereocenters. The van der Waals surface area contributed by atoms with Crippen molar-refractivity contribution in [3.8, 4) is 0 Å². The second-order valence-corrected chi connectivity index (χ2v) is 5.19. The van der Waals surface area contributed by atoms with Crippen LogP contribution in [0.5, 0.6) is 0 Å². The first-order chi connectivity index (χ1) is 10.2. The number of hydrogen-bond donors (Lipinski definition) is 0. The van der Waals surface area contributed by atoms with Gasteiger partial charge in [0.1, 0.15) is 17.5 Å². The van der Waals surface area contributed by atoms with E-state index in [2.05, 4.69) is 4.98 Å². The molecule has 0 amide bonds. The Balaban J connectivity index is 2.08. The van der Waals surface area contributed by atoms with Crippen LogP contribution in [0, 0.1) is 11.6 Å². The van der Waals surface area contributed by atoms with Crippen LogP contribution in [0.2, 0.25) is 0 Å². The van der Waals surface area contributed by atoms with Gasteiger partial charge in [-0.3, -0.25) is 0 Å². The number of fused-ring (bicyclic) bond motifs is 1. The Morgan fingerprint density at radius 2 is 1.86 bits per heavy atom. The van der Waals surface area contributed by atoms with Crippen molar-refractivity contribution in [3.63, 3.8) is 0 Å². The molecule has 0 spiro atoms. The molecule has 21 heavy (non-hydrogen) atoms. The predicted octanol–water partition coefficient (Wildman–Crippen LogP) is 4.14. The van der Waals surface area contributed by atoms with Crippen molar-refractivity contribution >= 4 is 22.6 Å². The van der Waals surface area contributed by atoms with E-state index in [0.29, 0.717) is 24.4 Å². The second kappa shape index (κ2) is 5.82. The molecule has 1 heterocycles. The van der Waals surface area contributed by atoms with Crippen molar-refractivity contribution in [2.24, 2.45) is 0 Å². The molecule has 0 N–H and O–H groups in total. The first-order valence-electron chi connectivity index (χ1n) is 6.62. The van der Waals surface area contributed by atoms with Gasteiger partial charge in [0.2, 0.25) is 0 Å². The van der Waals surface area contributed by atoms with E-state index in [4.69, 9.17) is 11.6 Å². The average molecular weight is 307 g/mol. The van der Waals surface area contributed by atoms with E-state index in [1.165, 1.54) is 24.3 Å². The maximum atomic E-state index is 13.3. The summed E-state index contributed by atoms with van der Waals surface area (Å²) in [5, 5.41) is 0. The number of benzene rings is 2. The van der Waals surface area contributed by atoms with E-state index >= 15 is 0 Å². The van der Waals surface area contributed by atoms with Gasteiger partial charge in [-0.2, -0.15) is 0 Å². The molecular formula is C16H13ClF2N2. The summed E-state index contributed by atoms with van der Waals surface area (Å²) in [4.78, 5) is 4.43. The maximum absolute atomic E-state index is 13.3. The fourth-order valence-corrected chi connectivity index (χ4v) is 2.59. The van der Waals surface area contributed by atoms with Gasteiger partial charge in [-0.15, -0.1) is 11.6 Å². The highest BCUT2D eigenvalue weighted by Crippen LogP contribution is 2.20. The van der Waals surface area contributed by atoms with E-state index < -0.39 is 0 Å². The first-order valence-corrected chi connectivity index (χ1v) is 7.16. The summed E-state index contributed by atoms with van der Waals surface area (Å²) in [6, 6.07) is 10.9. The Kier molecular flexibility index (Phi) is 3.88. The average Bonchev–Trinajstić information content (AvgIpc) is 2.76. The Bertz CT molecular complexity index is 783. The van der Waals surface area contributed by atoms with Gasteiger partial charge in [0, 0.05) is 24.9 Å². The van der Waals surface area contributed by atoms with Crippen LogP contribution < -0.4 is 0 Å². The highest BCUT2D eigenvalue weighted by atomic mass is 35.5. The summed E-state index contributed by atoms with van der Waals surface area (Å²) >= 11 is 5.81. The normalized spacial score (nSPS) is 11.2. The smallest absolute Gasteiger partial charge is 0.125 e. The maximum Gasteiger partial charge on any atom is 0.125 e. The Hall–Kier alpha value is -1.94. The molecule has 0 aliphatic heterocycles. The van der Waals surface area contributed by atoms with E-state index in [9.17, 15) is 8.78 Å². The number of aryl methyl sites for hydroxylation is 1. The minimum Gasteiger partial charge on any atom is -0.323 e. The number of halogens is 3. The lowest BCUT2D eigenvalue weighted by molar-refractivity contribution is 0.623. The molecule has 2 aromatic carbocycles. The van der Waals surface area contributed by atoms with Crippen molar-refractivity contribution < 1.29 is 8.78 Å². The molecule has 2 nitrogen and oxygen atoms in total. The van der Waals surface area contributed by atoms with Crippen LogP contribution in [-0.2, 0) is 13.0 Å². The number of alkyl halides is 1. The minimum atomic E-state index is -0.324. The molecule has 0 saturated heterocycles. The van der Waals surface area contributed by atoms with E-state index in [1.807, 2.05) is 10.6 Å². The lowest BCUT2D eigenvalue weighted by atomic mass is 10.2. The van der Waals surface area contributed by atoms with E-state index in [0.717, 1.165) is 16.9 Å². The third-order valence-corrected chi connectivity index (χ3v) is 3.53. The standard InChI is InChI=1S/C16H13ClF2N2/c17-7-6-16-20-14-9-13(19)4-5-15(14)21(16)10-11-2-1-3-12(18)8-11/h1-5,8-9H,6-7,10H2. The summed E-state index contributed by atoms with van der Waals surface area (Å²) < 4.78 is 28.6. The van der Waals surface area contributed by atoms with Gasteiger partial charge in [0.25, 0.3) is 0 Å². The summed E-state index contributed by atoms with van der Waals surface area (Å²) in [7, 11) is 0. The third-order valence-electron chi connectivity index (χ3n) is 3.34. The molecular weight excluding hydrogens is 294 g/mol. The first kappa shape index (κ1) is 14.0. The Morgan fingerprint density at radius 3 is 2.62 bits per heavy atom. The largest absolute Gasteiger partial charge is 0.323 e. The quantitative estimate of drug-likeness (QED) is 0.662. The van der Waals surface area contributed by atoms with Crippen molar-refractivity contribution in [3.05, 3.63) is 65.5 Å². The van der Waals surface area contributed by atoms with Gasteiger partial charge in [-0.25, -0.2) is 13.8 Å². The van der Waals surface area contributed by atoms with E-state index in [1.54, 1.807) is 12.1 Å². The molecule has 108 valence electrons. The van der Waals surface area contributed by atoms with Gasteiger partial charge in [-0.05, 0) is 29.8 Å². The van der Waals surface area contributed by atoms with Crippen LogP contribution in [0.15, 0.2) is 42.5 Å². The Morgan fingerprint density at radius 1 is 1.05 bits per heavy atom. The number of rotatable bonds is 4. The van der Waals surface area contributed by atoms with Gasteiger partial charge < -0.3 is 4.57 Å². The summed E-state index contributed by atoms with van der Waals surface area (Å²) in [6.07, 6.45) is 0.577. The molecule has 0 aliphatic rings. The third kappa shape index (κ3) is 2.90. The van der Waals surface area contributed by atoms with Crippen LogP contribution in [0.25, 0.3) is 11.0 Å². The molecule has 3 aromatic rings. The van der Waals surface area contributed by atoms with E-state index in [-0.39, 0.29) is 11.6 Å². The number of hydrogen-bond acceptors (Lipinski definition) is 1. The monoisotopic (exact) mass is 306 g/mol.